The Bertz CT molecular complexity index is 1460. The molecule has 51 heavy (non-hydrogen) atoms. The first kappa shape index (κ1) is 41.5. The molecule has 0 aromatic carbocycles. The van der Waals surface area contributed by atoms with Gasteiger partial charge in [0.15, 0.2) is 0 Å². The van der Waals surface area contributed by atoms with E-state index in [1.165, 1.54) is 0 Å². The van der Waals surface area contributed by atoms with Gasteiger partial charge in [-0.25, -0.2) is 18.0 Å². The molecule has 0 radical (unpaired) electrons. The minimum absolute atomic E-state index is 0.131. The molecule has 5 amide bonds. The van der Waals surface area contributed by atoms with Crippen molar-refractivity contribution >= 4 is 39.9 Å². The van der Waals surface area contributed by atoms with Crippen LogP contribution < -0.4 is 26.0 Å². The number of carbonyl (C=O) groups excluding carboxylic acids is 5. The first-order valence-electron chi connectivity index (χ1n) is 17.9. The van der Waals surface area contributed by atoms with Crippen molar-refractivity contribution in [3.8, 4) is 0 Å². The molecule has 3 aliphatic rings. The van der Waals surface area contributed by atoms with Crippen LogP contribution in [0.4, 0.5) is 9.59 Å². The van der Waals surface area contributed by atoms with Gasteiger partial charge in [-0.3, -0.25) is 19.1 Å². The molecule has 0 unspecified atom stereocenters. The van der Waals surface area contributed by atoms with Gasteiger partial charge in [-0.1, -0.05) is 90.8 Å². The molecule has 14 nitrogen and oxygen atoms in total. The molecule has 1 aliphatic heterocycles. The Labute approximate surface area is 302 Å². The number of sulfonamides is 1. The largest absolute Gasteiger partial charge is 0.449 e. The molecule has 3 rings (SSSR count). The van der Waals surface area contributed by atoms with Crippen molar-refractivity contribution in [2.45, 2.75) is 122 Å². The van der Waals surface area contributed by atoms with Crippen molar-refractivity contribution in [3.05, 3.63) is 36.5 Å². The summed E-state index contributed by atoms with van der Waals surface area (Å²) < 4.78 is 38.1. The molecule has 15 heteroatoms. The second kappa shape index (κ2) is 18.1. The van der Waals surface area contributed by atoms with E-state index < -0.39 is 68.2 Å². The summed E-state index contributed by atoms with van der Waals surface area (Å²) in [4.78, 5) is 66.3. The van der Waals surface area contributed by atoms with E-state index in [0.29, 0.717) is 19.3 Å². The summed E-state index contributed by atoms with van der Waals surface area (Å²) in [5.74, 6) is -2.61. The Kier molecular flexibility index (Phi) is 14.7. The molecule has 0 aromatic rings. The molecule has 5 N–H and O–H groups in total. The van der Waals surface area contributed by atoms with Crippen LogP contribution in [0.1, 0.15) is 99.3 Å². The van der Waals surface area contributed by atoms with Crippen LogP contribution in [0.25, 0.3) is 0 Å². The fourth-order valence-corrected chi connectivity index (χ4v) is 7.13. The molecule has 0 bridgehead atoms. The van der Waals surface area contributed by atoms with Crippen LogP contribution >= 0.6 is 0 Å². The highest BCUT2D eigenvalue weighted by molar-refractivity contribution is 7.91. The zero-order valence-corrected chi connectivity index (χ0v) is 31.7. The summed E-state index contributed by atoms with van der Waals surface area (Å²) >= 11 is 0. The lowest BCUT2D eigenvalue weighted by Crippen LogP contribution is -2.60. The lowest BCUT2D eigenvalue weighted by molar-refractivity contribution is -0.134. The number of carbonyl (C=O) groups is 5. The molecular weight excluding hydrogens is 678 g/mol. The highest BCUT2D eigenvalue weighted by atomic mass is 32.2. The number of allylic oxidation sites excluding steroid dienone is 5. The molecule has 0 saturated heterocycles. The molecule has 2 aliphatic carbocycles. The summed E-state index contributed by atoms with van der Waals surface area (Å²) in [7, 11) is -3.88. The quantitative estimate of drug-likeness (QED) is 0.269. The first-order chi connectivity index (χ1) is 23.9. The van der Waals surface area contributed by atoms with Gasteiger partial charge in [-0.2, -0.15) is 0 Å². The topological polar surface area (TPSA) is 198 Å². The van der Waals surface area contributed by atoms with Crippen LogP contribution in [-0.2, 0) is 33.9 Å². The molecule has 1 heterocycles. The number of ether oxygens (including phenoxy) is 2. The van der Waals surface area contributed by atoms with Crippen molar-refractivity contribution in [2.24, 2.45) is 16.7 Å². The molecule has 2 saturated carbocycles. The van der Waals surface area contributed by atoms with Crippen molar-refractivity contribution < 1.29 is 41.9 Å². The first-order valence-corrected chi connectivity index (χ1v) is 19.5. The monoisotopic (exact) mass is 735 g/mol. The minimum atomic E-state index is -3.88. The number of hydrogen-bond acceptors (Lipinski definition) is 9. The van der Waals surface area contributed by atoms with E-state index in [9.17, 15) is 32.4 Å². The molecule has 2 fully saturated rings. The lowest BCUT2D eigenvalue weighted by atomic mass is 9.86. The summed E-state index contributed by atoms with van der Waals surface area (Å²) in [5, 5.41) is 9.98. The predicted molar refractivity (Wildman–Crippen MR) is 193 cm³/mol. The molecule has 0 aromatic heterocycles. The van der Waals surface area contributed by atoms with Crippen molar-refractivity contribution in [3.63, 3.8) is 0 Å². The van der Waals surface area contributed by atoms with Crippen LogP contribution in [-0.4, -0.2) is 81.0 Å². The second-order valence-corrected chi connectivity index (χ2v) is 17.4. The van der Waals surface area contributed by atoms with E-state index in [4.69, 9.17) is 9.47 Å². The number of nitrogens with one attached hydrogen (secondary N) is 5. The van der Waals surface area contributed by atoms with Crippen LogP contribution in [0.15, 0.2) is 36.5 Å². The average molecular weight is 736 g/mol. The Morgan fingerprint density at radius 2 is 1.63 bits per heavy atom. The molecule has 286 valence electrons. The maximum Gasteiger partial charge on any atom is 0.407 e. The van der Waals surface area contributed by atoms with Gasteiger partial charge in [0.2, 0.25) is 21.8 Å². The van der Waals surface area contributed by atoms with Gasteiger partial charge >= 0.3 is 12.2 Å². The third-order valence-corrected chi connectivity index (χ3v) is 11.1. The number of cyclic esters (lactones) is 2. The molecule has 0 spiro atoms. The number of hydrogen-bond donors (Lipinski definition) is 5. The number of amides is 5. The number of rotatable bonds is 6. The Hall–Kier alpha value is -3.88. The SMILES string of the molecule is CC[C@@H]1C[C@]1(NC(=O)[C@@H]1CCOC(=O)NCC=CC=CC=CCCCCC(C)(C)COC(=O)N[C@@H](C(C)(C)C)C(=O)N1)C(=O)NS(=O)(=O)C1CC1. The third kappa shape index (κ3) is 13.3. The average Bonchev–Trinajstić information content (AvgIpc) is 3.97. The third-order valence-electron chi connectivity index (χ3n) is 9.25. The smallest absolute Gasteiger partial charge is 0.407 e. The fourth-order valence-electron chi connectivity index (χ4n) is 5.77. The summed E-state index contributed by atoms with van der Waals surface area (Å²) in [6.45, 7) is 11.1. The van der Waals surface area contributed by atoms with E-state index >= 15 is 0 Å². The van der Waals surface area contributed by atoms with Crippen LogP contribution in [0.2, 0.25) is 0 Å². The van der Waals surface area contributed by atoms with Crippen LogP contribution in [0.3, 0.4) is 0 Å². The van der Waals surface area contributed by atoms with Gasteiger partial charge in [0.1, 0.15) is 17.6 Å². The van der Waals surface area contributed by atoms with E-state index in [1.54, 1.807) is 32.9 Å². The standard InChI is InChI=1S/C36H57N5O9S/c1-7-25-23-36(25,31(44)41-51(47,48)26-17-18-26)40-29(42)27-19-22-49-32(45)37-21-16-14-12-10-8-9-11-13-15-20-35(5,6)24-50-33(46)39-28(30(43)38-27)34(2,3)4/h8-10,12,14,16,25-28H,7,11,13,15,17-24H2,1-6H3,(H,37,45)(H,38,43)(H,39,46)(H,40,42)(H,41,44)/t25-,27+,28-,36-/m1/s1. The van der Waals surface area contributed by atoms with Gasteiger partial charge in [-0.15, -0.1) is 0 Å². The highest BCUT2D eigenvalue weighted by Crippen LogP contribution is 2.46. The predicted octanol–water partition coefficient (Wildman–Crippen LogP) is 3.89. The van der Waals surface area contributed by atoms with Gasteiger partial charge < -0.3 is 30.7 Å². The van der Waals surface area contributed by atoms with Crippen LogP contribution in [0.5, 0.6) is 0 Å². The zero-order chi connectivity index (χ0) is 37.9. The zero-order valence-electron chi connectivity index (χ0n) is 30.8. The fraction of sp³-hybridized carbons (Fsp3) is 0.694. The van der Waals surface area contributed by atoms with Crippen molar-refractivity contribution in [2.75, 3.05) is 19.8 Å². The Morgan fingerprint density at radius 1 is 0.941 bits per heavy atom. The van der Waals surface area contributed by atoms with Gasteiger partial charge in [-0.05, 0) is 55.3 Å². The van der Waals surface area contributed by atoms with Crippen molar-refractivity contribution in [1.82, 2.24) is 26.0 Å². The molecule has 4 atom stereocenters. The van der Waals surface area contributed by atoms with Crippen LogP contribution in [0, 0.1) is 16.7 Å². The maximum atomic E-state index is 13.8. The van der Waals surface area contributed by atoms with Gasteiger partial charge in [0.25, 0.3) is 5.91 Å². The molecular formula is C36H57N5O9S. The summed E-state index contributed by atoms with van der Waals surface area (Å²) in [6.07, 6.45) is 14.8. The maximum absolute atomic E-state index is 13.8. The lowest BCUT2D eigenvalue weighted by Gasteiger charge is -2.32. The van der Waals surface area contributed by atoms with E-state index in [2.05, 4.69) is 32.1 Å². The summed E-state index contributed by atoms with van der Waals surface area (Å²) in [5.41, 5.74) is -2.60. The van der Waals surface area contributed by atoms with E-state index in [-0.39, 0.29) is 43.9 Å². The normalized spacial score (nSPS) is 27.6. The Morgan fingerprint density at radius 3 is 2.25 bits per heavy atom. The van der Waals surface area contributed by atoms with Gasteiger partial charge in [0.05, 0.1) is 18.5 Å². The minimum Gasteiger partial charge on any atom is -0.449 e. The highest BCUT2D eigenvalue weighted by Gasteiger charge is 2.61. The van der Waals surface area contributed by atoms with Crippen molar-refractivity contribution in [1.29, 1.82) is 0 Å². The summed E-state index contributed by atoms with van der Waals surface area (Å²) in [6, 6.07) is -2.46. The van der Waals surface area contributed by atoms with E-state index in [0.717, 1.165) is 25.7 Å². The van der Waals surface area contributed by atoms with Gasteiger partial charge in [0, 0.05) is 13.0 Å². The second-order valence-electron chi connectivity index (χ2n) is 15.5. The number of alkyl carbamates (subject to hydrolysis) is 2. The Balaban J connectivity index is 1.81. The van der Waals surface area contributed by atoms with E-state index in [1.807, 2.05) is 39.0 Å².